The van der Waals surface area contributed by atoms with Gasteiger partial charge < -0.3 is 15.3 Å². The van der Waals surface area contributed by atoms with Crippen molar-refractivity contribution < 1.29 is 0 Å². The molecule has 0 fully saturated rings. The van der Waals surface area contributed by atoms with E-state index in [0.717, 1.165) is 33.8 Å². The third-order valence-electron chi connectivity index (χ3n) is 3.64. The average Bonchev–Trinajstić information content (AvgIpc) is 2.88. The van der Waals surface area contributed by atoms with Crippen molar-refractivity contribution >= 4 is 26.8 Å². The highest BCUT2D eigenvalue weighted by Gasteiger charge is 2.19. The standard InChI is InChI=1S/C15H17BrN4/c1-9-13(10-5-3-4-6-11(10)18-9)14-15(16)19-12(7-8-17)20(14)2/h3-6,18H,7-8,17H2,1-2H3. The molecule has 3 rings (SSSR count). The molecule has 1 aromatic carbocycles. The Morgan fingerprint density at radius 1 is 1.35 bits per heavy atom. The molecule has 4 nitrogen and oxygen atoms in total. The molecule has 3 aromatic rings. The van der Waals surface area contributed by atoms with Gasteiger partial charge in [0.05, 0.1) is 5.69 Å². The molecule has 0 saturated heterocycles. The molecular weight excluding hydrogens is 316 g/mol. The molecule has 0 unspecified atom stereocenters. The van der Waals surface area contributed by atoms with E-state index in [9.17, 15) is 0 Å². The van der Waals surface area contributed by atoms with Gasteiger partial charge in [-0.15, -0.1) is 0 Å². The molecule has 2 aromatic heterocycles. The summed E-state index contributed by atoms with van der Waals surface area (Å²) in [4.78, 5) is 8.02. The van der Waals surface area contributed by atoms with Gasteiger partial charge in [0.15, 0.2) is 0 Å². The maximum absolute atomic E-state index is 5.65. The summed E-state index contributed by atoms with van der Waals surface area (Å²) in [7, 11) is 2.04. The van der Waals surface area contributed by atoms with Crippen LogP contribution in [0.5, 0.6) is 0 Å². The van der Waals surface area contributed by atoms with E-state index in [1.807, 2.05) is 13.1 Å². The number of hydrogen-bond donors (Lipinski definition) is 2. The number of imidazole rings is 1. The van der Waals surface area contributed by atoms with Gasteiger partial charge in [0.25, 0.3) is 0 Å². The largest absolute Gasteiger partial charge is 0.358 e. The molecule has 0 amide bonds. The fraction of sp³-hybridized carbons (Fsp3) is 0.267. The number of nitrogens with two attached hydrogens (primary N) is 1. The molecule has 0 aliphatic carbocycles. The number of aryl methyl sites for hydroxylation is 1. The molecule has 0 spiro atoms. The van der Waals surface area contributed by atoms with Crippen LogP contribution in [0.25, 0.3) is 22.2 Å². The predicted molar refractivity (Wildman–Crippen MR) is 85.7 cm³/mol. The first-order chi connectivity index (χ1) is 9.63. The minimum absolute atomic E-state index is 0.601. The van der Waals surface area contributed by atoms with Gasteiger partial charge in [0.2, 0.25) is 0 Å². The van der Waals surface area contributed by atoms with Crippen LogP contribution in [0.4, 0.5) is 0 Å². The summed E-state index contributed by atoms with van der Waals surface area (Å²) in [5, 5.41) is 1.22. The van der Waals surface area contributed by atoms with Crippen LogP contribution in [-0.4, -0.2) is 21.1 Å². The Morgan fingerprint density at radius 2 is 2.10 bits per heavy atom. The summed E-state index contributed by atoms with van der Waals surface area (Å²) in [6.07, 6.45) is 0.774. The fourth-order valence-electron chi connectivity index (χ4n) is 2.71. The van der Waals surface area contributed by atoms with E-state index in [4.69, 9.17) is 5.73 Å². The van der Waals surface area contributed by atoms with Crippen LogP contribution in [0.15, 0.2) is 28.9 Å². The normalized spacial score (nSPS) is 11.4. The van der Waals surface area contributed by atoms with Crippen LogP contribution in [0.2, 0.25) is 0 Å². The molecule has 0 bridgehead atoms. The number of hydrogen-bond acceptors (Lipinski definition) is 2. The van der Waals surface area contributed by atoms with Gasteiger partial charge in [0.1, 0.15) is 10.4 Å². The first kappa shape index (κ1) is 13.4. The lowest BCUT2D eigenvalue weighted by Crippen LogP contribution is -2.08. The highest BCUT2D eigenvalue weighted by atomic mass is 79.9. The van der Waals surface area contributed by atoms with Crippen molar-refractivity contribution in [2.24, 2.45) is 12.8 Å². The summed E-state index contributed by atoms with van der Waals surface area (Å²) in [6, 6.07) is 8.33. The van der Waals surface area contributed by atoms with E-state index in [-0.39, 0.29) is 0 Å². The summed E-state index contributed by atoms with van der Waals surface area (Å²) in [5.41, 5.74) is 10.2. The van der Waals surface area contributed by atoms with Crippen LogP contribution in [0, 0.1) is 6.92 Å². The number of halogens is 1. The van der Waals surface area contributed by atoms with E-state index in [0.29, 0.717) is 6.54 Å². The fourth-order valence-corrected chi connectivity index (χ4v) is 3.38. The number of rotatable bonds is 3. The smallest absolute Gasteiger partial charge is 0.132 e. The van der Waals surface area contributed by atoms with Crippen molar-refractivity contribution in [2.45, 2.75) is 13.3 Å². The first-order valence-corrected chi connectivity index (χ1v) is 7.41. The van der Waals surface area contributed by atoms with Crippen molar-refractivity contribution in [3.05, 3.63) is 40.4 Å². The minimum Gasteiger partial charge on any atom is -0.358 e. The molecule has 20 heavy (non-hydrogen) atoms. The third kappa shape index (κ3) is 1.98. The van der Waals surface area contributed by atoms with Crippen LogP contribution in [0.1, 0.15) is 11.5 Å². The van der Waals surface area contributed by atoms with Crippen LogP contribution in [0.3, 0.4) is 0 Å². The summed E-state index contributed by atoms with van der Waals surface area (Å²) in [6.45, 7) is 2.70. The summed E-state index contributed by atoms with van der Waals surface area (Å²) < 4.78 is 3.00. The Bertz CT molecular complexity index is 770. The van der Waals surface area contributed by atoms with E-state index in [1.54, 1.807) is 0 Å². The molecule has 0 atom stereocenters. The number of aromatic amines is 1. The van der Waals surface area contributed by atoms with Gasteiger partial charge in [-0.25, -0.2) is 4.98 Å². The van der Waals surface area contributed by atoms with E-state index in [2.05, 4.69) is 55.6 Å². The Balaban J connectivity index is 2.28. The number of nitrogens with zero attached hydrogens (tertiary/aromatic N) is 2. The van der Waals surface area contributed by atoms with Crippen molar-refractivity contribution in [1.82, 2.24) is 14.5 Å². The second-order valence-corrected chi connectivity index (χ2v) is 5.69. The molecule has 0 saturated carbocycles. The molecular formula is C15H17BrN4. The zero-order valence-electron chi connectivity index (χ0n) is 11.6. The Labute approximate surface area is 126 Å². The van der Waals surface area contributed by atoms with Crippen molar-refractivity contribution in [1.29, 1.82) is 0 Å². The lowest BCUT2D eigenvalue weighted by atomic mass is 10.1. The Kier molecular flexibility index (Phi) is 3.40. The van der Waals surface area contributed by atoms with Gasteiger partial charge in [0, 0.05) is 35.6 Å². The zero-order chi connectivity index (χ0) is 14.3. The van der Waals surface area contributed by atoms with Gasteiger partial charge in [-0.1, -0.05) is 18.2 Å². The summed E-state index contributed by atoms with van der Waals surface area (Å²) >= 11 is 3.59. The molecule has 104 valence electrons. The second-order valence-electron chi connectivity index (χ2n) is 4.94. The number of para-hydroxylation sites is 1. The third-order valence-corrected chi connectivity index (χ3v) is 4.20. The molecule has 3 N–H and O–H groups in total. The van der Waals surface area contributed by atoms with Crippen molar-refractivity contribution in [3.63, 3.8) is 0 Å². The maximum Gasteiger partial charge on any atom is 0.132 e. The van der Waals surface area contributed by atoms with Crippen molar-refractivity contribution in [3.8, 4) is 11.3 Å². The quantitative estimate of drug-likeness (QED) is 0.774. The SMILES string of the molecule is Cc1[nH]c2ccccc2c1-c1c(Br)nc(CCN)n1C. The Morgan fingerprint density at radius 3 is 2.85 bits per heavy atom. The molecule has 0 aliphatic heterocycles. The van der Waals surface area contributed by atoms with Gasteiger partial charge in [-0.2, -0.15) is 0 Å². The lowest BCUT2D eigenvalue weighted by Gasteiger charge is -2.06. The molecule has 2 heterocycles. The van der Waals surface area contributed by atoms with Gasteiger partial charge >= 0.3 is 0 Å². The van der Waals surface area contributed by atoms with Gasteiger partial charge in [-0.3, -0.25) is 0 Å². The monoisotopic (exact) mass is 332 g/mol. The number of fused-ring (bicyclic) bond motifs is 1. The molecule has 5 heteroatoms. The minimum atomic E-state index is 0.601. The lowest BCUT2D eigenvalue weighted by molar-refractivity contribution is 0.782. The summed E-state index contributed by atoms with van der Waals surface area (Å²) in [5.74, 6) is 0.999. The van der Waals surface area contributed by atoms with E-state index >= 15 is 0 Å². The number of nitrogens with one attached hydrogen (secondary N) is 1. The topological polar surface area (TPSA) is 59.6 Å². The number of benzene rings is 1. The Hall–Kier alpha value is -1.59. The van der Waals surface area contributed by atoms with Gasteiger partial charge in [-0.05, 0) is 35.5 Å². The first-order valence-electron chi connectivity index (χ1n) is 6.62. The zero-order valence-corrected chi connectivity index (χ0v) is 13.2. The van der Waals surface area contributed by atoms with E-state index in [1.165, 1.54) is 10.9 Å². The van der Waals surface area contributed by atoms with E-state index < -0.39 is 0 Å². The maximum atomic E-state index is 5.65. The molecule has 0 aliphatic rings. The average molecular weight is 333 g/mol. The number of H-pyrrole nitrogens is 1. The number of aromatic nitrogens is 3. The van der Waals surface area contributed by atoms with Crippen LogP contribution < -0.4 is 5.73 Å². The highest BCUT2D eigenvalue weighted by molar-refractivity contribution is 9.10. The van der Waals surface area contributed by atoms with Crippen LogP contribution >= 0.6 is 15.9 Å². The predicted octanol–water partition coefficient (Wildman–Crippen LogP) is 3.14. The van der Waals surface area contributed by atoms with Crippen LogP contribution in [-0.2, 0) is 13.5 Å². The van der Waals surface area contributed by atoms with Crippen molar-refractivity contribution in [2.75, 3.05) is 6.54 Å². The second kappa shape index (κ2) is 5.07. The molecule has 0 radical (unpaired) electrons. The highest BCUT2D eigenvalue weighted by Crippen LogP contribution is 2.36.